The molecule has 0 amide bonds. The highest BCUT2D eigenvalue weighted by Gasteiger charge is 2.17. The van der Waals surface area contributed by atoms with E-state index in [-0.39, 0.29) is 24.3 Å². The average molecular weight is 346 g/mol. The van der Waals surface area contributed by atoms with Crippen molar-refractivity contribution in [3.63, 3.8) is 0 Å². The summed E-state index contributed by atoms with van der Waals surface area (Å²) in [4.78, 5) is 28.9. The first-order chi connectivity index (χ1) is 11.5. The van der Waals surface area contributed by atoms with Gasteiger partial charge in [-0.1, -0.05) is 19.1 Å². The topological polar surface area (TPSA) is 72.2 Å². The maximum atomic E-state index is 13.1. The van der Waals surface area contributed by atoms with E-state index in [9.17, 15) is 14.0 Å². The predicted octanol–water partition coefficient (Wildman–Crippen LogP) is 3.30. The summed E-state index contributed by atoms with van der Waals surface area (Å²) in [6.07, 6.45) is 0.394. The van der Waals surface area contributed by atoms with Crippen molar-refractivity contribution in [3.8, 4) is 11.1 Å². The zero-order chi connectivity index (χ0) is 17.3. The Bertz CT molecular complexity index is 960. The van der Waals surface area contributed by atoms with Gasteiger partial charge in [-0.05, 0) is 17.7 Å². The summed E-state index contributed by atoms with van der Waals surface area (Å²) >= 11 is 1.36. The third-order valence-corrected chi connectivity index (χ3v) is 4.67. The minimum absolute atomic E-state index is 0.0823. The monoisotopic (exact) mass is 346 g/mol. The van der Waals surface area contributed by atoms with E-state index in [0.29, 0.717) is 28.0 Å². The molecule has 24 heavy (non-hydrogen) atoms. The van der Waals surface area contributed by atoms with Gasteiger partial charge in [0.05, 0.1) is 11.8 Å². The van der Waals surface area contributed by atoms with Crippen LogP contribution in [0.1, 0.15) is 19.2 Å². The standard InChI is InChI=1S/C17H15FN2O3S/c1-2-13-19-16-15(17(23)20(13)8-7-14(21)22)12(9-24-16)10-3-5-11(18)6-4-10/h3-6,9H,2,7-8H2,1H3,(H,21,22). The minimum atomic E-state index is -0.965. The van der Waals surface area contributed by atoms with Gasteiger partial charge in [-0.2, -0.15) is 0 Å². The smallest absolute Gasteiger partial charge is 0.305 e. The van der Waals surface area contributed by atoms with Gasteiger partial charge >= 0.3 is 5.97 Å². The van der Waals surface area contributed by atoms with Gasteiger partial charge < -0.3 is 5.11 Å². The van der Waals surface area contributed by atoms with Gasteiger partial charge in [0, 0.05) is 23.9 Å². The van der Waals surface area contributed by atoms with Gasteiger partial charge in [0.25, 0.3) is 5.56 Å². The zero-order valence-electron chi connectivity index (χ0n) is 13.0. The van der Waals surface area contributed by atoms with Crippen molar-refractivity contribution in [1.29, 1.82) is 0 Å². The molecule has 1 aromatic carbocycles. The van der Waals surface area contributed by atoms with Gasteiger partial charge in [0.15, 0.2) is 0 Å². The number of aryl methyl sites for hydroxylation is 1. The first-order valence-electron chi connectivity index (χ1n) is 7.50. The molecule has 0 bridgehead atoms. The molecule has 0 fully saturated rings. The number of carboxylic acid groups (broad SMARTS) is 1. The van der Waals surface area contributed by atoms with Crippen LogP contribution in [0.25, 0.3) is 21.3 Å². The summed E-state index contributed by atoms with van der Waals surface area (Å²) in [6, 6.07) is 5.92. The minimum Gasteiger partial charge on any atom is -0.481 e. The van der Waals surface area contributed by atoms with Crippen molar-refractivity contribution in [3.05, 3.63) is 51.6 Å². The van der Waals surface area contributed by atoms with Crippen LogP contribution in [0.4, 0.5) is 4.39 Å². The van der Waals surface area contributed by atoms with Gasteiger partial charge in [-0.15, -0.1) is 11.3 Å². The molecule has 2 heterocycles. The van der Waals surface area contributed by atoms with Crippen molar-refractivity contribution < 1.29 is 14.3 Å². The number of halogens is 1. The zero-order valence-corrected chi connectivity index (χ0v) is 13.8. The average Bonchev–Trinajstić information content (AvgIpc) is 2.98. The Morgan fingerprint density at radius 3 is 2.67 bits per heavy atom. The van der Waals surface area contributed by atoms with Crippen molar-refractivity contribution in [2.75, 3.05) is 0 Å². The van der Waals surface area contributed by atoms with Gasteiger partial charge in [-0.25, -0.2) is 9.37 Å². The Kier molecular flexibility index (Phi) is 4.44. The normalized spacial score (nSPS) is 11.1. The number of nitrogens with zero attached hydrogens (tertiary/aromatic N) is 2. The van der Waals surface area contributed by atoms with E-state index in [1.54, 1.807) is 12.1 Å². The van der Waals surface area contributed by atoms with Crippen molar-refractivity contribution in [1.82, 2.24) is 9.55 Å². The summed E-state index contributed by atoms with van der Waals surface area (Å²) in [6.45, 7) is 1.96. The van der Waals surface area contributed by atoms with E-state index >= 15 is 0 Å². The summed E-state index contributed by atoms with van der Waals surface area (Å²) in [5.41, 5.74) is 1.17. The quantitative estimate of drug-likeness (QED) is 0.769. The lowest BCUT2D eigenvalue weighted by atomic mass is 10.1. The second-order valence-corrected chi connectivity index (χ2v) is 6.18. The fourth-order valence-electron chi connectivity index (χ4n) is 2.62. The van der Waals surface area contributed by atoms with Crippen LogP contribution in [0.2, 0.25) is 0 Å². The number of carboxylic acids is 1. The maximum Gasteiger partial charge on any atom is 0.305 e. The van der Waals surface area contributed by atoms with Crippen LogP contribution < -0.4 is 5.56 Å². The molecule has 0 aliphatic rings. The molecule has 0 radical (unpaired) electrons. The number of benzene rings is 1. The molecule has 2 aromatic heterocycles. The molecule has 5 nitrogen and oxygen atoms in total. The van der Waals surface area contributed by atoms with Crippen LogP contribution in [0.15, 0.2) is 34.4 Å². The molecule has 124 valence electrons. The first kappa shape index (κ1) is 16.3. The fraction of sp³-hybridized carbons (Fsp3) is 0.235. The SMILES string of the molecule is CCc1nc2scc(-c3ccc(F)cc3)c2c(=O)n1CCC(=O)O. The molecule has 7 heteroatoms. The molecule has 0 aliphatic carbocycles. The van der Waals surface area contributed by atoms with E-state index < -0.39 is 5.97 Å². The molecular weight excluding hydrogens is 331 g/mol. The summed E-state index contributed by atoms with van der Waals surface area (Å²) < 4.78 is 14.6. The molecule has 0 aliphatic heterocycles. The van der Waals surface area contributed by atoms with Crippen LogP contribution >= 0.6 is 11.3 Å². The third kappa shape index (κ3) is 2.94. The predicted molar refractivity (Wildman–Crippen MR) is 90.9 cm³/mol. The highest BCUT2D eigenvalue weighted by molar-refractivity contribution is 7.17. The molecule has 3 aromatic rings. The largest absolute Gasteiger partial charge is 0.481 e. The van der Waals surface area contributed by atoms with Crippen LogP contribution in [0.5, 0.6) is 0 Å². The summed E-state index contributed by atoms with van der Waals surface area (Å²) in [5, 5.41) is 11.2. The Morgan fingerprint density at radius 2 is 2.04 bits per heavy atom. The Morgan fingerprint density at radius 1 is 1.33 bits per heavy atom. The number of carbonyl (C=O) groups is 1. The van der Waals surface area contributed by atoms with Crippen LogP contribution in [0.3, 0.4) is 0 Å². The molecular formula is C17H15FN2O3S. The number of aromatic nitrogens is 2. The highest BCUT2D eigenvalue weighted by Crippen LogP contribution is 2.31. The van der Waals surface area contributed by atoms with Gasteiger partial charge in [-0.3, -0.25) is 14.2 Å². The van der Waals surface area contributed by atoms with Gasteiger partial charge in [0.1, 0.15) is 16.5 Å². The highest BCUT2D eigenvalue weighted by atomic mass is 32.1. The summed E-state index contributed by atoms with van der Waals surface area (Å²) in [7, 11) is 0. The van der Waals surface area contributed by atoms with Gasteiger partial charge in [0.2, 0.25) is 0 Å². The first-order valence-corrected chi connectivity index (χ1v) is 8.38. The number of hydrogen-bond donors (Lipinski definition) is 1. The molecule has 0 unspecified atom stereocenters. The van der Waals surface area contributed by atoms with Crippen LogP contribution in [-0.2, 0) is 17.8 Å². The van der Waals surface area contributed by atoms with E-state index in [2.05, 4.69) is 4.98 Å². The number of rotatable bonds is 5. The number of hydrogen-bond acceptors (Lipinski definition) is 4. The molecule has 1 N–H and O–H groups in total. The van der Waals surface area contributed by atoms with E-state index in [1.807, 2.05) is 12.3 Å². The lowest BCUT2D eigenvalue weighted by Crippen LogP contribution is -2.26. The van der Waals surface area contributed by atoms with Crippen molar-refractivity contribution in [2.45, 2.75) is 26.3 Å². The van der Waals surface area contributed by atoms with Crippen LogP contribution in [0, 0.1) is 5.82 Å². The van der Waals surface area contributed by atoms with E-state index in [4.69, 9.17) is 5.11 Å². The van der Waals surface area contributed by atoms with Crippen molar-refractivity contribution >= 4 is 27.5 Å². The van der Waals surface area contributed by atoms with Crippen molar-refractivity contribution in [2.24, 2.45) is 0 Å². The maximum absolute atomic E-state index is 13.1. The molecule has 0 saturated carbocycles. The Hall–Kier alpha value is -2.54. The van der Waals surface area contributed by atoms with Crippen LogP contribution in [-0.4, -0.2) is 20.6 Å². The van der Waals surface area contributed by atoms with E-state index in [1.165, 1.54) is 28.0 Å². The molecule has 0 spiro atoms. The number of fused-ring (bicyclic) bond motifs is 1. The second kappa shape index (κ2) is 6.52. The third-order valence-electron chi connectivity index (χ3n) is 3.79. The second-order valence-electron chi connectivity index (χ2n) is 5.32. The Balaban J connectivity index is 2.20. The molecule has 0 saturated heterocycles. The molecule has 3 rings (SSSR count). The fourth-order valence-corrected chi connectivity index (χ4v) is 3.57. The lowest BCUT2D eigenvalue weighted by Gasteiger charge is -2.10. The number of aliphatic carboxylic acids is 1. The molecule has 0 atom stereocenters. The lowest BCUT2D eigenvalue weighted by molar-refractivity contribution is -0.137. The summed E-state index contributed by atoms with van der Waals surface area (Å²) in [5.74, 6) is -0.738. The Labute approximate surface area is 141 Å². The number of thiophene rings is 1. The van der Waals surface area contributed by atoms with E-state index in [0.717, 1.165) is 5.56 Å².